The smallest absolute Gasteiger partial charge is 0.198 e. The first kappa shape index (κ1) is 19.8. The average Bonchev–Trinajstić information content (AvgIpc) is 2.77. The van der Waals surface area contributed by atoms with E-state index in [1.165, 1.54) is 39.1 Å². The highest BCUT2D eigenvalue weighted by molar-refractivity contribution is 5.73. The van der Waals surface area contributed by atoms with Crippen LogP contribution >= 0.6 is 0 Å². The van der Waals surface area contributed by atoms with E-state index in [0.29, 0.717) is 0 Å². The molecular weight excluding hydrogens is 338 g/mol. The Balaban J connectivity index is 1.91. The molecule has 0 aliphatic heterocycles. The van der Waals surface area contributed by atoms with Crippen LogP contribution in [0.1, 0.15) is 44.0 Å². The minimum Gasteiger partial charge on any atom is -0.198 e. The summed E-state index contributed by atoms with van der Waals surface area (Å²) in [5.41, 5.74) is 8.96. The Morgan fingerprint density at radius 3 is 2.43 bits per heavy atom. The summed E-state index contributed by atoms with van der Waals surface area (Å²) in [7, 11) is 0. The number of aryl methyl sites for hydroxylation is 2. The molecule has 0 atom stereocenters. The SMILES string of the molecule is C=C(CC)c1cc(-c2ccccc2)ccc1CC[n+]1ccccc1C(C)=CC. The molecule has 0 amide bonds. The van der Waals surface area contributed by atoms with Gasteiger partial charge in [0.2, 0.25) is 5.69 Å². The van der Waals surface area contributed by atoms with Crippen molar-refractivity contribution in [3.8, 4) is 11.1 Å². The molecule has 1 aromatic heterocycles. The maximum atomic E-state index is 4.34. The fourth-order valence-electron chi connectivity index (χ4n) is 3.54. The zero-order chi connectivity index (χ0) is 19.9. The Labute approximate surface area is 169 Å². The van der Waals surface area contributed by atoms with E-state index < -0.39 is 0 Å². The molecule has 0 saturated carbocycles. The molecule has 0 fully saturated rings. The van der Waals surface area contributed by atoms with E-state index in [4.69, 9.17) is 0 Å². The first-order valence-electron chi connectivity index (χ1n) is 10.1. The van der Waals surface area contributed by atoms with E-state index in [0.717, 1.165) is 19.4 Å². The Morgan fingerprint density at radius 1 is 0.964 bits per heavy atom. The van der Waals surface area contributed by atoms with Crippen molar-refractivity contribution in [3.63, 3.8) is 0 Å². The summed E-state index contributed by atoms with van der Waals surface area (Å²) in [6, 6.07) is 23.8. The lowest BCUT2D eigenvalue weighted by Crippen LogP contribution is -2.38. The van der Waals surface area contributed by atoms with Crippen molar-refractivity contribution in [2.45, 2.75) is 40.2 Å². The Morgan fingerprint density at radius 2 is 1.71 bits per heavy atom. The molecule has 0 bridgehead atoms. The maximum Gasteiger partial charge on any atom is 0.207 e. The predicted octanol–water partition coefficient (Wildman–Crippen LogP) is 6.73. The largest absolute Gasteiger partial charge is 0.207 e. The summed E-state index contributed by atoms with van der Waals surface area (Å²) < 4.78 is 2.35. The van der Waals surface area contributed by atoms with Gasteiger partial charge in [-0.3, -0.25) is 0 Å². The zero-order valence-corrected chi connectivity index (χ0v) is 17.3. The second-order valence-corrected chi connectivity index (χ2v) is 7.20. The van der Waals surface area contributed by atoms with Gasteiger partial charge in [0.15, 0.2) is 12.7 Å². The molecule has 2 aromatic carbocycles. The van der Waals surface area contributed by atoms with Gasteiger partial charge in [-0.2, -0.15) is 4.57 Å². The molecule has 0 radical (unpaired) electrons. The van der Waals surface area contributed by atoms with Crippen molar-refractivity contribution in [3.05, 3.63) is 102 Å². The fraction of sp³-hybridized carbons (Fsp3) is 0.222. The number of hydrogen-bond acceptors (Lipinski definition) is 0. The molecule has 1 heterocycles. The lowest BCUT2D eigenvalue weighted by atomic mass is 9.92. The Kier molecular flexibility index (Phi) is 6.60. The number of pyridine rings is 1. The second kappa shape index (κ2) is 9.32. The number of rotatable bonds is 7. The molecule has 1 nitrogen and oxygen atoms in total. The summed E-state index contributed by atoms with van der Waals surface area (Å²) in [5.74, 6) is 0. The highest BCUT2D eigenvalue weighted by Gasteiger charge is 2.14. The second-order valence-electron chi connectivity index (χ2n) is 7.20. The van der Waals surface area contributed by atoms with Crippen LogP contribution in [0.5, 0.6) is 0 Å². The minimum atomic E-state index is 0.954. The van der Waals surface area contributed by atoms with Gasteiger partial charge in [0, 0.05) is 24.1 Å². The van der Waals surface area contributed by atoms with Gasteiger partial charge in [-0.15, -0.1) is 0 Å². The van der Waals surface area contributed by atoms with E-state index in [9.17, 15) is 0 Å². The first-order valence-corrected chi connectivity index (χ1v) is 10.1. The van der Waals surface area contributed by atoms with E-state index >= 15 is 0 Å². The van der Waals surface area contributed by atoms with Gasteiger partial charge in [0.25, 0.3) is 0 Å². The van der Waals surface area contributed by atoms with Crippen LogP contribution in [0.2, 0.25) is 0 Å². The number of nitrogens with zero attached hydrogens (tertiary/aromatic N) is 1. The monoisotopic (exact) mass is 368 g/mol. The summed E-state index contributed by atoms with van der Waals surface area (Å²) in [6.45, 7) is 11.7. The Bertz CT molecular complexity index is 980. The standard InChI is InChI=1S/C27H30N/c1-5-21(3)26-20-25(23-12-8-7-9-13-23)16-15-24(26)17-19-28-18-11-10-14-27(28)22(4)6-2/h6-16,18,20H,3,5,17,19H2,1-2,4H3/q+1. The van der Waals surface area contributed by atoms with Gasteiger partial charge in [-0.1, -0.05) is 62.0 Å². The van der Waals surface area contributed by atoms with Gasteiger partial charge >= 0.3 is 0 Å². The van der Waals surface area contributed by atoms with Crippen LogP contribution in [-0.2, 0) is 13.0 Å². The number of hydrogen-bond donors (Lipinski definition) is 0. The van der Waals surface area contributed by atoms with Gasteiger partial charge in [-0.25, -0.2) is 0 Å². The first-order chi connectivity index (χ1) is 13.6. The van der Waals surface area contributed by atoms with Crippen molar-refractivity contribution in [2.75, 3.05) is 0 Å². The summed E-state index contributed by atoms with van der Waals surface area (Å²) in [5, 5.41) is 0. The van der Waals surface area contributed by atoms with Crippen molar-refractivity contribution < 1.29 is 4.57 Å². The number of allylic oxidation sites excluding steroid dienone is 3. The van der Waals surface area contributed by atoms with Crippen molar-refractivity contribution in [1.82, 2.24) is 0 Å². The van der Waals surface area contributed by atoms with E-state index in [1.54, 1.807) is 0 Å². The van der Waals surface area contributed by atoms with Crippen molar-refractivity contribution in [2.24, 2.45) is 0 Å². The molecule has 3 aromatic rings. The van der Waals surface area contributed by atoms with Crippen molar-refractivity contribution in [1.29, 1.82) is 0 Å². The Hall–Kier alpha value is -2.93. The van der Waals surface area contributed by atoms with E-state index in [2.05, 4.69) is 111 Å². The van der Waals surface area contributed by atoms with E-state index in [-0.39, 0.29) is 0 Å². The summed E-state index contributed by atoms with van der Waals surface area (Å²) in [6.07, 6.45) is 6.30. The molecule has 3 rings (SSSR count). The lowest BCUT2D eigenvalue weighted by molar-refractivity contribution is -0.698. The van der Waals surface area contributed by atoms with Crippen LogP contribution in [0, 0.1) is 0 Å². The third-order valence-corrected chi connectivity index (χ3v) is 5.42. The van der Waals surface area contributed by atoms with Gasteiger partial charge < -0.3 is 0 Å². The van der Waals surface area contributed by atoms with Gasteiger partial charge in [0.05, 0.1) is 0 Å². The quantitative estimate of drug-likeness (QED) is 0.407. The zero-order valence-electron chi connectivity index (χ0n) is 17.3. The van der Waals surface area contributed by atoms with Crippen molar-refractivity contribution >= 4 is 11.1 Å². The summed E-state index contributed by atoms with van der Waals surface area (Å²) in [4.78, 5) is 0. The molecule has 142 valence electrons. The van der Waals surface area contributed by atoms with Crippen LogP contribution in [0.3, 0.4) is 0 Å². The molecule has 0 N–H and O–H groups in total. The average molecular weight is 369 g/mol. The molecule has 0 spiro atoms. The lowest BCUT2D eigenvalue weighted by Gasteiger charge is -2.13. The highest BCUT2D eigenvalue weighted by Crippen LogP contribution is 2.28. The molecular formula is C27H30N+. The van der Waals surface area contributed by atoms with Crippen LogP contribution in [0.25, 0.3) is 22.3 Å². The third-order valence-electron chi connectivity index (χ3n) is 5.42. The van der Waals surface area contributed by atoms with Crippen LogP contribution < -0.4 is 4.57 Å². The van der Waals surface area contributed by atoms with E-state index in [1.807, 2.05) is 0 Å². The number of aromatic nitrogens is 1. The molecule has 28 heavy (non-hydrogen) atoms. The summed E-state index contributed by atoms with van der Waals surface area (Å²) >= 11 is 0. The molecule has 0 aliphatic carbocycles. The fourth-order valence-corrected chi connectivity index (χ4v) is 3.54. The molecule has 0 saturated heterocycles. The van der Waals surface area contributed by atoms with Crippen LogP contribution in [0.15, 0.2) is 85.6 Å². The topological polar surface area (TPSA) is 3.88 Å². The third kappa shape index (κ3) is 4.48. The highest BCUT2D eigenvalue weighted by atomic mass is 15.0. The van der Waals surface area contributed by atoms with Crippen LogP contribution in [0.4, 0.5) is 0 Å². The number of benzene rings is 2. The molecule has 0 aliphatic rings. The predicted molar refractivity (Wildman–Crippen MR) is 121 cm³/mol. The normalized spacial score (nSPS) is 11.5. The maximum absolute atomic E-state index is 4.34. The molecule has 0 unspecified atom stereocenters. The van der Waals surface area contributed by atoms with Gasteiger partial charge in [0.1, 0.15) is 0 Å². The molecule has 1 heteroatoms. The minimum absolute atomic E-state index is 0.954. The van der Waals surface area contributed by atoms with Crippen LogP contribution in [-0.4, -0.2) is 0 Å². The van der Waals surface area contributed by atoms with Gasteiger partial charge in [-0.05, 0) is 60.2 Å².